The number of thiazole rings is 1. The van der Waals surface area contributed by atoms with E-state index in [0.717, 1.165) is 4.88 Å². The number of rotatable bonds is 4. The lowest BCUT2D eigenvalue weighted by atomic mass is 9.95. The van der Waals surface area contributed by atoms with Gasteiger partial charge in [0.2, 0.25) is 0 Å². The Labute approximate surface area is 191 Å². The molecule has 0 aliphatic carbocycles. The molecule has 0 spiro atoms. The monoisotopic (exact) mass is 469 g/mol. The molecule has 162 valence electrons. The van der Waals surface area contributed by atoms with Crippen molar-refractivity contribution in [2.75, 3.05) is 4.90 Å². The maximum absolute atomic E-state index is 13.1. The molecule has 2 heterocycles. The Kier molecular flexibility index (Phi) is 5.53. The Balaban J connectivity index is 1.97. The molecular formula is C22H16ClN3O5S. The second kappa shape index (κ2) is 8.18. The van der Waals surface area contributed by atoms with Crippen molar-refractivity contribution in [3.8, 4) is 0 Å². The van der Waals surface area contributed by atoms with Crippen LogP contribution in [0.4, 0.5) is 10.8 Å². The summed E-state index contributed by atoms with van der Waals surface area (Å²) in [4.78, 5) is 43.4. The number of nitrogens with zero attached hydrogens (tertiary/aromatic N) is 3. The minimum atomic E-state index is -1.09. The Morgan fingerprint density at radius 2 is 1.88 bits per heavy atom. The van der Waals surface area contributed by atoms with Gasteiger partial charge in [-0.2, -0.15) is 0 Å². The molecule has 1 fully saturated rings. The van der Waals surface area contributed by atoms with Crippen LogP contribution in [0.15, 0.2) is 54.1 Å². The fraction of sp³-hybridized carbons (Fsp3) is 0.136. The van der Waals surface area contributed by atoms with Gasteiger partial charge in [-0.1, -0.05) is 23.7 Å². The first-order valence-electron chi connectivity index (χ1n) is 9.44. The van der Waals surface area contributed by atoms with Crippen LogP contribution in [0.25, 0.3) is 5.76 Å². The molecule has 1 aliphatic rings. The number of carbonyl (C=O) groups is 2. The average molecular weight is 470 g/mol. The van der Waals surface area contributed by atoms with E-state index in [4.69, 9.17) is 11.6 Å². The fourth-order valence-electron chi connectivity index (χ4n) is 3.48. The van der Waals surface area contributed by atoms with Crippen LogP contribution in [-0.2, 0) is 9.59 Å². The topological polar surface area (TPSA) is 114 Å². The van der Waals surface area contributed by atoms with E-state index in [1.807, 2.05) is 6.92 Å². The lowest BCUT2D eigenvalue weighted by Gasteiger charge is -2.22. The van der Waals surface area contributed by atoms with Crippen LogP contribution in [-0.4, -0.2) is 26.7 Å². The molecule has 0 bridgehead atoms. The Hall–Kier alpha value is -3.56. The number of amides is 1. The summed E-state index contributed by atoms with van der Waals surface area (Å²) in [6.07, 6.45) is 0. The second-order valence-corrected chi connectivity index (χ2v) is 8.78. The summed E-state index contributed by atoms with van der Waals surface area (Å²) in [7, 11) is 0. The zero-order valence-corrected chi connectivity index (χ0v) is 18.5. The number of hydrogen-bond acceptors (Lipinski definition) is 7. The summed E-state index contributed by atoms with van der Waals surface area (Å²) < 4.78 is 0. The van der Waals surface area contributed by atoms with E-state index in [2.05, 4.69) is 4.98 Å². The lowest BCUT2D eigenvalue weighted by molar-refractivity contribution is -0.384. The highest BCUT2D eigenvalue weighted by molar-refractivity contribution is 7.16. The minimum absolute atomic E-state index is 0.177. The summed E-state index contributed by atoms with van der Waals surface area (Å²) in [6, 6.07) is 10.7. The smallest absolute Gasteiger partial charge is 0.301 e. The molecule has 10 heteroatoms. The number of Topliss-reactive ketones (excluding diaryl/α,β-unsaturated/α-hetero) is 1. The van der Waals surface area contributed by atoms with Gasteiger partial charge in [0.15, 0.2) is 5.13 Å². The molecule has 0 saturated carbocycles. The van der Waals surface area contributed by atoms with Gasteiger partial charge in [0, 0.05) is 27.6 Å². The molecule has 8 nitrogen and oxygen atoms in total. The molecule has 1 aromatic heterocycles. The Morgan fingerprint density at radius 3 is 2.47 bits per heavy atom. The summed E-state index contributed by atoms with van der Waals surface area (Å²) >= 11 is 7.15. The Bertz CT molecular complexity index is 1280. The summed E-state index contributed by atoms with van der Waals surface area (Å²) in [5, 5.41) is 23.1. The molecule has 4 rings (SSSR count). The first-order valence-corrected chi connectivity index (χ1v) is 10.6. The van der Waals surface area contributed by atoms with E-state index in [9.17, 15) is 24.8 Å². The highest BCUT2D eigenvalue weighted by Gasteiger charge is 2.48. The molecule has 1 aliphatic heterocycles. The Morgan fingerprint density at radius 1 is 1.19 bits per heavy atom. The number of ketones is 1. The number of aryl methyl sites for hydroxylation is 2. The van der Waals surface area contributed by atoms with Gasteiger partial charge in [-0.15, -0.1) is 11.3 Å². The van der Waals surface area contributed by atoms with E-state index in [1.54, 1.807) is 25.1 Å². The third kappa shape index (κ3) is 3.65. The number of nitro groups is 1. The molecular weight excluding hydrogens is 454 g/mol. The van der Waals surface area contributed by atoms with E-state index in [-0.39, 0.29) is 22.0 Å². The van der Waals surface area contributed by atoms with Crippen molar-refractivity contribution < 1.29 is 19.6 Å². The number of nitro benzene ring substituents is 1. The number of anilines is 1. The number of aliphatic hydroxyl groups is 1. The van der Waals surface area contributed by atoms with Crippen molar-refractivity contribution >= 4 is 51.2 Å². The quantitative estimate of drug-likeness (QED) is 0.190. The molecule has 1 saturated heterocycles. The summed E-state index contributed by atoms with van der Waals surface area (Å²) in [6.45, 7) is 3.62. The SMILES string of the molecule is Cc1nc(N2C(=O)C(=O)C(=C(O)c3ccc(Cl)cc3)C2c2cccc([N+](=O)[O-])c2)sc1C. The maximum atomic E-state index is 13.1. The molecule has 1 atom stereocenters. The predicted molar refractivity (Wildman–Crippen MR) is 121 cm³/mol. The summed E-state index contributed by atoms with van der Waals surface area (Å²) in [5.41, 5.74) is 0.908. The third-order valence-corrected chi connectivity index (χ3v) is 6.51. The van der Waals surface area contributed by atoms with Crippen LogP contribution >= 0.6 is 22.9 Å². The number of non-ortho nitro benzene ring substituents is 1. The van der Waals surface area contributed by atoms with Crippen molar-refractivity contribution in [3.63, 3.8) is 0 Å². The highest BCUT2D eigenvalue weighted by atomic mass is 35.5. The molecule has 1 unspecified atom stereocenters. The van der Waals surface area contributed by atoms with Gasteiger partial charge in [-0.05, 0) is 43.7 Å². The predicted octanol–water partition coefficient (Wildman–Crippen LogP) is 4.95. The third-order valence-electron chi connectivity index (χ3n) is 5.18. The minimum Gasteiger partial charge on any atom is -0.507 e. The molecule has 2 aromatic carbocycles. The number of aromatic nitrogens is 1. The van der Waals surface area contributed by atoms with E-state index in [1.165, 1.54) is 46.6 Å². The maximum Gasteiger partial charge on any atom is 0.301 e. The average Bonchev–Trinajstić information content (AvgIpc) is 3.23. The molecule has 0 radical (unpaired) electrons. The van der Waals surface area contributed by atoms with Gasteiger partial charge in [0.25, 0.3) is 11.5 Å². The van der Waals surface area contributed by atoms with E-state index >= 15 is 0 Å². The summed E-state index contributed by atoms with van der Waals surface area (Å²) in [5.74, 6) is -2.17. The van der Waals surface area contributed by atoms with Gasteiger partial charge in [-0.3, -0.25) is 24.6 Å². The van der Waals surface area contributed by atoms with E-state index in [0.29, 0.717) is 16.3 Å². The van der Waals surface area contributed by atoms with E-state index < -0.39 is 28.4 Å². The van der Waals surface area contributed by atoms with Crippen molar-refractivity contribution in [2.24, 2.45) is 0 Å². The van der Waals surface area contributed by atoms with Gasteiger partial charge in [-0.25, -0.2) is 4.98 Å². The molecule has 3 aromatic rings. The molecule has 1 N–H and O–H groups in total. The van der Waals surface area contributed by atoms with Crippen LogP contribution in [0.5, 0.6) is 0 Å². The normalized spacial score (nSPS) is 17.7. The van der Waals surface area contributed by atoms with Crippen LogP contribution in [0.3, 0.4) is 0 Å². The van der Waals surface area contributed by atoms with Gasteiger partial charge >= 0.3 is 5.91 Å². The number of aliphatic hydroxyl groups excluding tert-OH is 1. The number of benzene rings is 2. The van der Waals surface area contributed by atoms with Crippen molar-refractivity contribution in [2.45, 2.75) is 19.9 Å². The second-order valence-electron chi connectivity index (χ2n) is 7.17. The lowest BCUT2D eigenvalue weighted by Crippen LogP contribution is -2.29. The van der Waals surface area contributed by atoms with Crippen LogP contribution in [0.1, 0.15) is 27.7 Å². The van der Waals surface area contributed by atoms with Crippen LogP contribution in [0.2, 0.25) is 5.02 Å². The van der Waals surface area contributed by atoms with Gasteiger partial charge < -0.3 is 5.11 Å². The van der Waals surface area contributed by atoms with Crippen molar-refractivity contribution in [1.29, 1.82) is 0 Å². The zero-order chi connectivity index (χ0) is 23.2. The van der Waals surface area contributed by atoms with Crippen molar-refractivity contribution in [1.82, 2.24) is 4.98 Å². The first-order chi connectivity index (χ1) is 15.2. The van der Waals surface area contributed by atoms with Crippen LogP contribution < -0.4 is 4.90 Å². The highest BCUT2D eigenvalue weighted by Crippen LogP contribution is 2.44. The zero-order valence-electron chi connectivity index (χ0n) is 16.9. The largest absolute Gasteiger partial charge is 0.507 e. The van der Waals surface area contributed by atoms with Gasteiger partial charge in [0.05, 0.1) is 22.2 Å². The number of carbonyl (C=O) groups excluding carboxylic acids is 2. The number of hydrogen-bond donors (Lipinski definition) is 1. The standard InChI is InChI=1S/C22H16ClN3O5S/c1-11-12(2)32-22(24-11)25-18(14-4-3-5-16(10-14)26(30)31)17(20(28)21(25)29)19(27)13-6-8-15(23)9-7-13/h3-10,18,27H,1-2H3. The fourth-order valence-corrected chi connectivity index (χ4v) is 4.54. The van der Waals surface area contributed by atoms with Gasteiger partial charge in [0.1, 0.15) is 5.76 Å². The number of halogens is 1. The first kappa shape index (κ1) is 21.7. The molecule has 32 heavy (non-hydrogen) atoms. The molecule has 1 amide bonds. The van der Waals surface area contributed by atoms with Crippen LogP contribution in [0, 0.1) is 24.0 Å². The van der Waals surface area contributed by atoms with Crippen molar-refractivity contribution in [3.05, 3.63) is 90.9 Å².